The summed E-state index contributed by atoms with van der Waals surface area (Å²) in [5.41, 5.74) is -1.29. The van der Waals surface area contributed by atoms with Gasteiger partial charge in [0, 0.05) is 12.4 Å². The van der Waals surface area contributed by atoms with Gasteiger partial charge < -0.3 is 0 Å². The molecule has 2 aromatic rings. The van der Waals surface area contributed by atoms with E-state index in [2.05, 4.69) is 22.8 Å². The van der Waals surface area contributed by atoms with E-state index in [4.69, 9.17) is 0 Å². The first-order valence-electron chi connectivity index (χ1n) is 6.39. The van der Waals surface area contributed by atoms with E-state index < -0.39 is 24.0 Å². The van der Waals surface area contributed by atoms with Gasteiger partial charge in [-0.05, 0) is 30.8 Å². The highest BCUT2D eigenvalue weighted by molar-refractivity contribution is 7.77. The van der Waals surface area contributed by atoms with Gasteiger partial charge in [0.25, 0.3) is 0 Å². The van der Waals surface area contributed by atoms with Crippen LogP contribution in [-0.4, -0.2) is 27.5 Å². The number of aromatic nitrogens is 2. The van der Waals surface area contributed by atoms with E-state index in [0.717, 1.165) is 19.2 Å². The second-order valence-electron chi connectivity index (χ2n) is 4.54. The number of benzene rings is 1. The van der Waals surface area contributed by atoms with Gasteiger partial charge in [-0.15, -0.1) is 0 Å². The summed E-state index contributed by atoms with van der Waals surface area (Å²) in [6.07, 6.45) is -4.31. The molecule has 1 atom stereocenters. The zero-order valence-corrected chi connectivity index (χ0v) is 13.1. The SMILES string of the molecule is CN(S)C(c1ccc(C(F)(F)F)cc1)C(F)(F)F.c1cncnc1. The fraction of sp³-hybridized carbons (Fsp3) is 0.286. The lowest BCUT2D eigenvalue weighted by Gasteiger charge is -2.26. The van der Waals surface area contributed by atoms with E-state index >= 15 is 0 Å². The van der Waals surface area contributed by atoms with Crippen molar-refractivity contribution in [2.45, 2.75) is 18.4 Å². The lowest BCUT2D eigenvalue weighted by molar-refractivity contribution is -0.169. The topological polar surface area (TPSA) is 29.0 Å². The van der Waals surface area contributed by atoms with E-state index in [1.807, 2.05) is 0 Å². The van der Waals surface area contributed by atoms with Crippen molar-refractivity contribution < 1.29 is 26.3 Å². The molecule has 0 radical (unpaired) electrons. The van der Waals surface area contributed by atoms with Crippen LogP contribution in [0.15, 0.2) is 49.1 Å². The average Bonchev–Trinajstić information content (AvgIpc) is 2.47. The molecule has 0 amide bonds. The molecule has 24 heavy (non-hydrogen) atoms. The number of halogens is 6. The molecule has 0 saturated heterocycles. The minimum absolute atomic E-state index is 0.298. The minimum Gasteiger partial charge on any atom is -0.245 e. The molecule has 2 rings (SSSR count). The third-order valence-electron chi connectivity index (χ3n) is 2.72. The minimum atomic E-state index is -4.61. The van der Waals surface area contributed by atoms with Gasteiger partial charge in [0.2, 0.25) is 0 Å². The van der Waals surface area contributed by atoms with E-state index in [9.17, 15) is 26.3 Å². The van der Waals surface area contributed by atoms with Gasteiger partial charge in [-0.2, -0.15) is 26.3 Å². The van der Waals surface area contributed by atoms with Gasteiger partial charge >= 0.3 is 12.4 Å². The number of alkyl halides is 6. The van der Waals surface area contributed by atoms with E-state index in [1.165, 1.54) is 6.33 Å². The van der Waals surface area contributed by atoms with Gasteiger partial charge in [0.15, 0.2) is 0 Å². The van der Waals surface area contributed by atoms with Crippen molar-refractivity contribution in [3.05, 3.63) is 60.2 Å². The zero-order chi connectivity index (χ0) is 18.4. The van der Waals surface area contributed by atoms with Crippen LogP contribution < -0.4 is 0 Å². The number of thiol groups is 1. The Morgan fingerprint density at radius 1 is 0.958 bits per heavy atom. The number of rotatable bonds is 2. The van der Waals surface area contributed by atoms with Crippen LogP contribution in [0.5, 0.6) is 0 Å². The summed E-state index contributed by atoms with van der Waals surface area (Å²) in [6, 6.07) is 2.56. The monoisotopic (exact) mass is 369 g/mol. The van der Waals surface area contributed by atoms with Crippen LogP contribution in [0.2, 0.25) is 0 Å². The fourth-order valence-electron chi connectivity index (χ4n) is 1.72. The van der Waals surface area contributed by atoms with Crippen LogP contribution in [0.25, 0.3) is 0 Å². The molecule has 0 spiro atoms. The first kappa shape index (κ1) is 20.2. The molecule has 0 aliphatic carbocycles. The van der Waals surface area contributed by atoms with Crippen molar-refractivity contribution in [2.24, 2.45) is 0 Å². The van der Waals surface area contributed by atoms with Gasteiger partial charge in [-0.3, -0.25) is 0 Å². The largest absolute Gasteiger partial charge is 0.416 e. The first-order chi connectivity index (χ1) is 11.0. The Balaban J connectivity index is 0.000000400. The molecule has 1 heterocycles. The van der Waals surface area contributed by atoms with Crippen LogP contribution in [0.4, 0.5) is 26.3 Å². The predicted molar refractivity (Wildman–Crippen MR) is 79.0 cm³/mol. The van der Waals surface area contributed by atoms with Gasteiger partial charge in [-0.25, -0.2) is 14.3 Å². The summed E-state index contributed by atoms with van der Waals surface area (Å²) in [6.45, 7) is 0. The molecular weight excluding hydrogens is 356 g/mol. The predicted octanol–water partition coefficient (Wildman–Crippen LogP) is 4.56. The smallest absolute Gasteiger partial charge is 0.245 e. The Kier molecular flexibility index (Phi) is 7.03. The van der Waals surface area contributed by atoms with Crippen molar-refractivity contribution >= 4 is 12.8 Å². The van der Waals surface area contributed by atoms with E-state index in [-0.39, 0.29) is 5.56 Å². The number of hydrogen-bond donors (Lipinski definition) is 1. The Morgan fingerprint density at radius 2 is 1.46 bits per heavy atom. The Hall–Kier alpha value is -1.81. The van der Waals surface area contributed by atoms with Crippen LogP contribution in [0, 0.1) is 0 Å². The molecule has 0 fully saturated rings. The molecule has 132 valence electrons. The molecule has 0 aliphatic rings. The Bertz CT molecular complexity index is 572. The molecule has 1 unspecified atom stereocenters. The van der Waals surface area contributed by atoms with Crippen molar-refractivity contribution in [3.8, 4) is 0 Å². The quantitative estimate of drug-likeness (QED) is 0.622. The molecule has 3 nitrogen and oxygen atoms in total. The lowest BCUT2D eigenvalue weighted by atomic mass is 10.0. The summed E-state index contributed by atoms with van der Waals surface area (Å²) in [5, 5.41) is 0. The highest BCUT2D eigenvalue weighted by Crippen LogP contribution is 2.38. The maximum absolute atomic E-state index is 12.7. The molecule has 0 aliphatic heterocycles. The zero-order valence-electron chi connectivity index (χ0n) is 12.3. The van der Waals surface area contributed by atoms with E-state index in [0.29, 0.717) is 16.4 Å². The third kappa shape index (κ3) is 6.36. The first-order valence-corrected chi connectivity index (χ1v) is 6.79. The van der Waals surface area contributed by atoms with E-state index in [1.54, 1.807) is 18.5 Å². The van der Waals surface area contributed by atoms with Crippen molar-refractivity contribution in [1.29, 1.82) is 0 Å². The maximum Gasteiger partial charge on any atom is 0.416 e. The van der Waals surface area contributed by atoms with Crippen LogP contribution in [0.3, 0.4) is 0 Å². The molecular formula is C14H13F6N3S. The highest BCUT2D eigenvalue weighted by Gasteiger charge is 2.43. The Labute approximate surface area is 139 Å². The van der Waals surface area contributed by atoms with Crippen molar-refractivity contribution in [1.82, 2.24) is 14.3 Å². The summed E-state index contributed by atoms with van der Waals surface area (Å²) in [5.74, 6) is 0. The van der Waals surface area contributed by atoms with Gasteiger partial charge in [-0.1, -0.05) is 24.9 Å². The molecule has 1 aromatic heterocycles. The second kappa shape index (κ2) is 8.34. The molecule has 10 heteroatoms. The third-order valence-corrected chi connectivity index (χ3v) is 2.95. The summed E-state index contributed by atoms with van der Waals surface area (Å²) in [4.78, 5) is 7.35. The highest BCUT2D eigenvalue weighted by atomic mass is 32.1. The fourth-order valence-corrected chi connectivity index (χ4v) is 1.99. The summed E-state index contributed by atoms with van der Waals surface area (Å²) in [7, 11) is 1.08. The van der Waals surface area contributed by atoms with Crippen LogP contribution >= 0.6 is 12.8 Å². The number of nitrogens with zero attached hydrogens (tertiary/aromatic N) is 3. The molecule has 0 N–H and O–H groups in total. The Morgan fingerprint density at radius 3 is 1.71 bits per heavy atom. The molecule has 1 aromatic carbocycles. The number of hydrogen-bond acceptors (Lipinski definition) is 4. The standard InChI is InChI=1S/C10H9F6NS.C4H4N2/c1-17(18)8(10(14,15)16)6-2-4-7(5-3-6)9(11,12)13;1-2-5-4-6-3-1/h2-5,8,18H,1H3;1-4H. The van der Waals surface area contributed by atoms with Crippen LogP contribution in [-0.2, 0) is 6.18 Å². The van der Waals surface area contributed by atoms with Gasteiger partial charge in [0.1, 0.15) is 12.4 Å². The van der Waals surface area contributed by atoms with Gasteiger partial charge in [0.05, 0.1) is 5.56 Å². The van der Waals surface area contributed by atoms with Crippen molar-refractivity contribution in [3.63, 3.8) is 0 Å². The average molecular weight is 369 g/mol. The van der Waals surface area contributed by atoms with Crippen LogP contribution in [0.1, 0.15) is 17.2 Å². The molecule has 0 saturated carbocycles. The maximum atomic E-state index is 12.7. The summed E-state index contributed by atoms with van der Waals surface area (Å²) < 4.78 is 75.4. The second-order valence-corrected chi connectivity index (χ2v) is 5.17. The molecule has 0 bridgehead atoms. The normalized spacial score (nSPS) is 13.2. The summed E-state index contributed by atoms with van der Waals surface area (Å²) >= 11 is 3.57. The lowest BCUT2D eigenvalue weighted by Crippen LogP contribution is -2.30. The van der Waals surface area contributed by atoms with Crippen molar-refractivity contribution in [2.75, 3.05) is 7.05 Å².